The van der Waals surface area contributed by atoms with Crippen molar-refractivity contribution in [3.63, 3.8) is 0 Å². The third kappa shape index (κ3) is 6.76. The Kier molecular flexibility index (Phi) is 10.4. The van der Waals surface area contributed by atoms with Gasteiger partial charge in [0.25, 0.3) is 5.69 Å². The molecular weight excluding hydrogens is 562 g/mol. The van der Waals surface area contributed by atoms with Crippen LogP contribution < -0.4 is 4.74 Å². The number of hydrogen-bond donors (Lipinski definition) is 9. The first kappa shape index (κ1) is 31.8. The molecule has 18 nitrogen and oxygen atoms in total. The van der Waals surface area contributed by atoms with Gasteiger partial charge in [-0.15, -0.1) is 0 Å². The minimum absolute atomic E-state index is 0.0835. The van der Waals surface area contributed by atoms with E-state index in [4.69, 9.17) is 28.4 Å². The van der Waals surface area contributed by atoms with E-state index in [0.29, 0.717) is 0 Å². The number of aliphatic hydroxyl groups is 9. The molecule has 1 aromatic rings. The third-order valence-electron chi connectivity index (χ3n) is 6.98. The summed E-state index contributed by atoms with van der Waals surface area (Å²) in [5.74, 6) is 0.0835. The number of benzene rings is 1. The van der Waals surface area contributed by atoms with Crippen molar-refractivity contribution in [3.05, 3.63) is 34.4 Å². The summed E-state index contributed by atoms with van der Waals surface area (Å²) in [4.78, 5) is 10.2. The average molecular weight is 596 g/mol. The van der Waals surface area contributed by atoms with Crippen molar-refractivity contribution < 1.29 is 79.3 Å². The molecule has 232 valence electrons. The highest BCUT2D eigenvalue weighted by Crippen LogP contribution is 2.32. The van der Waals surface area contributed by atoms with Gasteiger partial charge in [-0.2, -0.15) is 0 Å². The minimum Gasteiger partial charge on any atom is -0.462 e. The summed E-state index contributed by atoms with van der Waals surface area (Å²) in [6.45, 7) is -2.00. The zero-order valence-electron chi connectivity index (χ0n) is 21.3. The Labute approximate surface area is 231 Å². The van der Waals surface area contributed by atoms with Crippen molar-refractivity contribution in [3.8, 4) is 5.75 Å². The fourth-order valence-electron chi connectivity index (χ4n) is 4.64. The molecule has 14 atom stereocenters. The van der Waals surface area contributed by atoms with Crippen LogP contribution in [-0.4, -0.2) is 157 Å². The number of aliphatic hydroxyl groups excluding tert-OH is 9. The number of nitrogens with zero attached hydrogens (tertiary/aromatic N) is 1. The molecule has 41 heavy (non-hydrogen) atoms. The summed E-state index contributed by atoms with van der Waals surface area (Å²) in [5.41, 5.74) is -0.205. The Hall–Kier alpha value is -2.14. The summed E-state index contributed by atoms with van der Waals surface area (Å²) in [6.07, 6.45) is -23.3. The van der Waals surface area contributed by atoms with Crippen LogP contribution in [0.2, 0.25) is 0 Å². The van der Waals surface area contributed by atoms with Gasteiger partial charge in [0.1, 0.15) is 72.9 Å². The lowest BCUT2D eigenvalue weighted by molar-refractivity contribution is -0.384. The molecular formula is C23H33NO17. The van der Waals surface area contributed by atoms with Crippen molar-refractivity contribution in [1.29, 1.82) is 0 Å². The number of nitro groups is 1. The zero-order chi connectivity index (χ0) is 30.0. The first-order valence-corrected chi connectivity index (χ1v) is 12.6. The quantitative estimate of drug-likeness (QED) is 0.0954. The number of ether oxygens (including phenoxy) is 6. The summed E-state index contributed by atoms with van der Waals surface area (Å²) in [5, 5.41) is 103. The molecule has 18 heteroatoms. The minimum atomic E-state index is -1.91. The van der Waals surface area contributed by atoms with Crippen LogP contribution >= 0.6 is 0 Å². The molecule has 3 fully saturated rings. The molecule has 3 aliphatic heterocycles. The number of nitro benzene ring substituents is 1. The zero-order valence-corrected chi connectivity index (χ0v) is 21.3. The summed E-state index contributed by atoms with van der Waals surface area (Å²) < 4.78 is 32.7. The van der Waals surface area contributed by atoms with E-state index in [-0.39, 0.29) is 11.4 Å². The van der Waals surface area contributed by atoms with Gasteiger partial charge in [-0.25, -0.2) is 0 Å². The van der Waals surface area contributed by atoms with Gasteiger partial charge in [0.05, 0.1) is 24.7 Å². The van der Waals surface area contributed by atoms with Crippen molar-refractivity contribution in [2.45, 2.75) is 86.0 Å². The first-order chi connectivity index (χ1) is 19.5. The maximum absolute atomic E-state index is 10.9. The van der Waals surface area contributed by atoms with Crippen LogP contribution in [0.5, 0.6) is 5.75 Å². The van der Waals surface area contributed by atoms with E-state index in [9.17, 15) is 56.1 Å². The van der Waals surface area contributed by atoms with Crippen molar-refractivity contribution >= 4 is 5.69 Å². The molecule has 4 rings (SSSR count). The Bertz CT molecular complexity index is 999. The fourth-order valence-corrected chi connectivity index (χ4v) is 4.64. The van der Waals surface area contributed by atoms with Gasteiger partial charge in [0, 0.05) is 12.1 Å². The van der Waals surface area contributed by atoms with Crippen molar-refractivity contribution in [2.24, 2.45) is 0 Å². The van der Waals surface area contributed by atoms with Crippen LogP contribution in [0.3, 0.4) is 0 Å². The SMILES string of the molecule is O=[N+]([O-])c1ccc(O[C@@H]2OC[C@@H](O)[C@H](O[C@@H]3O[C@H](CO)[C@@H](O)[C@H](O[C@@H]4O[C@H](CO)[C@@H](O)[C@H](O)[C@H]4O)[C@H]3O)[C@H]2O)cc1. The Morgan fingerprint density at radius 1 is 0.732 bits per heavy atom. The van der Waals surface area contributed by atoms with Gasteiger partial charge in [-0.3, -0.25) is 10.1 Å². The molecule has 3 aliphatic rings. The predicted octanol–water partition coefficient (Wildman–Crippen LogP) is -4.94. The monoisotopic (exact) mass is 595 g/mol. The lowest BCUT2D eigenvalue weighted by atomic mass is 9.96. The molecule has 1 aromatic carbocycles. The van der Waals surface area contributed by atoms with E-state index in [1.807, 2.05) is 0 Å². The molecule has 0 aliphatic carbocycles. The molecule has 0 unspecified atom stereocenters. The maximum atomic E-state index is 10.9. The van der Waals surface area contributed by atoms with E-state index in [0.717, 1.165) is 12.1 Å². The predicted molar refractivity (Wildman–Crippen MR) is 127 cm³/mol. The Morgan fingerprint density at radius 2 is 1.27 bits per heavy atom. The fraction of sp³-hybridized carbons (Fsp3) is 0.739. The summed E-state index contributed by atoms with van der Waals surface area (Å²) in [7, 11) is 0. The van der Waals surface area contributed by atoms with E-state index >= 15 is 0 Å². The standard InChI is InChI=1S/C23H33NO17/c25-5-11-13(28)15(30)16(31)22(38-11)41-20-14(29)12(6-26)39-23(18(20)33)40-19-10(27)7-36-21(17(19)32)37-9-3-1-8(2-4-9)24(34)35/h1-4,10-23,25-33H,5-7H2/t10-,11-,12-,13-,14-,15+,16-,17-,18-,19+,20+,21+,22+,23+/m1/s1. The molecule has 0 bridgehead atoms. The van der Waals surface area contributed by atoms with E-state index in [2.05, 4.69) is 0 Å². The highest BCUT2D eigenvalue weighted by atomic mass is 16.8. The van der Waals surface area contributed by atoms with Crippen LogP contribution in [0.15, 0.2) is 24.3 Å². The van der Waals surface area contributed by atoms with Gasteiger partial charge in [0.2, 0.25) is 6.29 Å². The van der Waals surface area contributed by atoms with E-state index in [1.54, 1.807) is 0 Å². The molecule has 0 saturated carbocycles. The van der Waals surface area contributed by atoms with Gasteiger partial charge in [-0.05, 0) is 12.1 Å². The number of rotatable bonds is 9. The number of hydrogen-bond acceptors (Lipinski definition) is 17. The number of non-ortho nitro benzene ring substituents is 1. The van der Waals surface area contributed by atoms with Crippen molar-refractivity contribution in [1.82, 2.24) is 0 Å². The van der Waals surface area contributed by atoms with E-state index in [1.165, 1.54) is 12.1 Å². The second-order valence-corrected chi connectivity index (χ2v) is 9.73. The summed E-state index contributed by atoms with van der Waals surface area (Å²) in [6, 6.07) is 4.85. The van der Waals surface area contributed by atoms with Crippen LogP contribution in [0.25, 0.3) is 0 Å². The lowest BCUT2D eigenvalue weighted by Gasteiger charge is -2.47. The van der Waals surface area contributed by atoms with Crippen LogP contribution in [0.1, 0.15) is 0 Å². The lowest BCUT2D eigenvalue weighted by Crippen LogP contribution is -2.66. The normalized spacial score (nSPS) is 43.4. The highest BCUT2D eigenvalue weighted by molar-refractivity contribution is 5.36. The molecule has 0 radical (unpaired) electrons. The first-order valence-electron chi connectivity index (χ1n) is 12.6. The molecule has 3 saturated heterocycles. The van der Waals surface area contributed by atoms with Gasteiger partial charge >= 0.3 is 0 Å². The topological polar surface area (TPSA) is 281 Å². The Morgan fingerprint density at radius 3 is 1.85 bits per heavy atom. The molecule has 0 aromatic heterocycles. The molecule has 0 spiro atoms. The summed E-state index contributed by atoms with van der Waals surface area (Å²) >= 11 is 0. The molecule has 3 heterocycles. The second-order valence-electron chi connectivity index (χ2n) is 9.73. The molecule has 0 amide bonds. The Balaban J connectivity index is 1.47. The second kappa shape index (κ2) is 13.4. The van der Waals surface area contributed by atoms with Gasteiger partial charge in [0.15, 0.2) is 12.6 Å². The third-order valence-corrected chi connectivity index (χ3v) is 6.98. The molecule has 9 N–H and O–H groups in total. The van der Waals surface area contributed by atoms with Gasteiger partial charge in [-0.1, -0.05) is 0 Å². The van der Waals surface area contributed by atoms with Crippen LogP contribution in [0, 0.1) is 10.1 Å². The highest BCUT2D eigenvalue weighted by Gasteiger charge is 2.52. The maximum Gasteiger partial charge on any atom is 0.269 e. The largest absolute Gasteiger partial charge is 0.462 e. The van der Waals surface area contributed by atoms with Gasteiger partial charge < -0.3 is 74.4 Å². The van der Waals surface area contributed by atoms with Crippen LogP contribution in [0.4, 0.5) is 5.69 Å². The van der Waals surface area contributed by atoms with E-state index < -0.39 is 111 Å². The average Bonchev–Trinajstić information content (AvgIpc) is 2.96. The smallest absolute Gasteiger partial charge is 0.269 e. The van der Waals surface area contributed by atoms with Crippen LogP contribution in [-0.2, 0) is 23.7 Å². The van der Waals surface area contributed by atoms with Crippen molar-refractivity contribution in [2.75, 3.05) is 19.8 Å².